The van der Waals surface area contributed by atoms with Crippen molar-refractivity contribution in [3.63, 3.8) is 0 Å². The molecule has 1 aromatic heterocycles. The second-order valence-corrected chi connectivity index (χ2v) is 3.90. The van der Waals surface area contributed by atoms with Crippen molar-refractivity contribution in [1.82, 2.24) is 10.2 Å². The molecule has 0 aliphatic heterocycles. The molecular formula is C9H9N3OS. The number of rotatable bonds is 2. The summed E-state index contributed by atoms with van der Waals surface area (Å²) in [6.45, 7) is 0. The molecule has 72 valence electrons. The largest absolute Gasteiger partial charge is 0.369 e. The van der Waals surface area contributed by atoms with Gasteiger partial charge in [0.2, 0.25) is 5.91 Å². The van der Waals surface area contributed by atoms with Crippen LogP contribution in [0.5, 0.6) is 0 Å². The molecule has 0 bridgehead atoms. The van der Waals surface area contributed by atoms with Crippen molar-refractivity contribution in [3.05, 3.63) is 34.8 Å². The van der Waals surface area contributed by atoms with E-state index in [1.54, 1.807) is 11.6 Å². The Labute approximate surface area is 85.2 Å². The Bertz CT molecular complexity index is 396. The zero-order valence-electron chi connectivity index (χ0n) is 7.38. The van der Waals surface area contributed by atoms with Crippen LogP contribution in [0.4, 0.5) is 0 Å². The van der Waals surface area contributed by atoms with Crippen LogP contribution in [0.1, 0.15) is 11.4 Å². The first kappa shape index (κ1) is 9.08. The molecule has 1 amide bonds. The monoisotopic (exact) mass is 207 g/mol. The number of carbonyl (C=O) groups is 1. The van der Waals surface area contributed by atoms with Gasteiger partial charge in [-0.15, -0.1) is 21.5 Å². The lowest BCUT2D eigenvalue weighted by molar-refractivity contribution is -0.121. The Hall–Kier alpha value is -1.49. The van der Waals surface area contributed by atoms with E-state index in [0.717, 1.165) is 0 Å². The van der Waals surface area contributed by atoms with Gasteiger partial charge < -0.3 is 5.73 Å². The van der Waals surface area contributed by atoms with Crippen LogP contribution in [0.25, 0.3) is 0 Å². The summed E-state index contributed by atoms with van der Waals surface area (Å²) in [7, 11) is 0. The van der Waals surface area contributed by atoms with Gasteiger partial charge in [-0.1, -0.05) is 24.3 Å². The van der Waals surface area contributed by atoms with Crippen molar-refractivity contribution in [1.29, 1.82) is 0 Å². The lowest BCUT2D eigenvalue weighted by atomic mass is 9.81. The fourth-order valence-corrected chi connectivity index (χ4v) is 2.19. The SMILES string of the molecule is NC(=O)C1(c2nncs2)C=CC=CC1. The Morgan fingerprint density at radius 3 is 2.93 bits per heavy atom. The van der Waals surface area contributed by atoms with Gasteiger partial charge in [-0.05, 0) is 6.42 Å². The Morgan fingerprint density at radius 2 is 2.43 bits per heavy atom. The van der Waals surface area contributed by atoms with E-state index in [0.29, 0.717) is 11.4 Å². The van der Waals surface area contributed by atoms with Gasteiger partial charge in [-0.2, -0.15) is 0 Å². The molecule has 5 heteroatoms. The van der Waals surface area contributed by atoms with E-state index < -0.39 is 5.41 Å². The topological polar surface area (TPSA) is 68.9 Å². The molecule has 0 aromatic carbocycles. The summed E-state index contributed by atoms with van der Waals surface area (Å²) in [4.78, 5) is 11.5. The Balaban J connectivity index is 2.47. The van der Waals surface area contributed by atoms with Crippen LogP contribution in [0, 0.1) is 0 Å². The van der Waals surface area contributed by atoms with Crippen LogP contribution in [-0.2, 0) is 10.2 Å². The second-order valence-electron chi connectivity index (χ2n) is 3.07. The van der Waals surface area contributed by atoms with Gasteiger partial charge in [0.05, 0.1) is 0 Å². The highest BCUT2D eigenvalue weighted by atomic mass is 32.1. The summed E-state index contributed by atoms with van der Waals surface area (Å²) in [5.74, 6) is -0.380. The summed E-state index contributed by atoms with van der Waals surface area (Å²) in [5.41, 5.74) is 6.23. The Morgan fingerprint density at radius 1 is 1.57 bits per heavy atom. The van der Waals surface area contributed by atoms with Crippen molar-refractivity contribution in [2.75, 3.05) is 0 Å². The minimum atomic E-state index is -0.782. The maximum absolute atomic E-state index is 11.5. The van der Waals surface area contributed by atoms with E-state index >= 15 is 0 Å². The predicted molar refractivity (Wildman–Crippen MR) is 53.7 cm³/mol. The molecule has 4 nitrogen and oxygen atoms in total. The van der Waals surface area contributed by atoms with Crippen molar-refractivity contribution in [2.45, 2.75) is 11.8 Å². The molecule has 1 aliphatic carbocycles. The Kier molecular flexibility index (Phi) is 2.17. The molecule has 2 rings (SSSR count). The maximum Gasteiger partial charge on any atom is 0.234 e. The number of primary amides is 1. The lowest BCUT2D eigenvalue weighted by Crippen LogP contribution is -2.39. The zero-order chi connectivity index (χ0) is 10.0. The van der Waals surface area contributed by atoms with Crippen LogP contribution in [0.2, 0.25) is 0 Å². The molecule has 14 heavy (non-hydrogen) atoms. The highest BCUT2D eigenvalue weighted by Gasteiger charge is 2.38. The highest BCUT2D eigenvalue weighted by molar-refractivity contribution is 7.09. The number of nitrogens with zero attached hydrogens (tertiary/aromatic N) is 2. The molecule has 1 aliphatic rings. The average molecular weight is 207 g/mol. The van der Waals surface area contributed by atoms with E-state index in [-0.39, 0.29) is 5.91 Å². The quantitative estimate of drug-likeness (QED) is 0.779. The van der Waals surface area contributed by atoms with Crippen LogP contribution >= 0.6 is 11.3 Å². The molecular weight excluding hydrogens is 198 g/mol. The van der Waals surface area contributed by atoms with Crippen molar-refractivity contribution >= 4 is 17.2 Å². The van der Waals surface area contributed by atoms with E-state index in [9.17, 15) is 4.79 Å². The van der Waals surface area contributed by atoms with Crippen LogP contribution in [0.3, 0.4) is 0 Å². The first-order valence-electron chi connectivity index (χ1n) is 4.16. The first-order chi connectivity index (χ1) is 6.76. The number of carbonyl (C=O) groups excluding carboxylic acids is 1. The molecule has 0 radical (unpaired) electrons. The number of amides is 1. The van der Waals surface area contributed by atoms with Gasteiger partial charge in [-0.3, -0.25) is 4.79 Å². The molecule has 1 aromatic rings. The average Bonchev–Trinajstić information content (AvgIpc) is 2.72. The van der Waals surface area contributed by atoms with E-state index in [1.165, 1.54) is 11.3 Å². The predicted octanol–water partition coefficient (Wildman–Crippen LogP) is 0.777. The second kappa shape index (κ2) is 3.34. The van der Waals surface area contributed by atoms with E-state index in [1.807, 2.05) is 18.2 Å². The minimum absolute atomic E-state index is 0.380. The van der Waals surface area contributed by atoms with Gasteiger partial charge in [-0.25, -0.2) is 0 Å². The van der Waals surface area contributed by atoms with E-state index in [4.69, 9.17) is 5.73 Å². The number of hydrogen-bond acceptors (Lipinski definition) is 4. The summed E-state index contributed by atoms with van der Waals surface area (Å²) >= 11 is 1.35. The third-order valence-corrected chi connectivity index (χ3v) is 3.12. The van der Waals surface area contributed by atoms with Crippen LogP contribution in [0.15, 0.2) is 29.8 Å². The molecule has 1 unspecified atom stereocenters. The van der Waals surface area contributed by atoms with Crippen LogP contribution < -0.4 is 5.73 Å². The van der Waals surface area contributed by atoms with Crippen molar-refractivity contribution in [2.24, 2.45) is 5.73 Å². The van der Waals surface area contributed by atoms with E-state index in [2.05, 4.69) is 10.2 Å². The first-order valence-corrected chi connectivity index (χ1v) is 5.04. The summed E-state index contributed by atoms with van der Waals surface area (Å²) in [6.07, 6.45) is 7.97. The minimum Gasteiger partial charge on any atom is -0.369 e. The van der Waals surface area contributed by atoms with Crippen molar-refractivity contribution < 1.29 is 4.79 Å². The molecule has 1 heterocycles. The molecule has 2 N–H and O–H groups in total. The number of hydrogen-bond donors (Lipinski definition) is 1. The maximum atomic E-state index is 11.5. The van der Waals surface area contributed by atoms with Gasteiger partial charge in [0.15, 0.2) is 0 Å². The third-order valence-electron chi connectivity index (χ3n) is 2.25. The number of nitrogens with two attached hydrogens (primary N) is 1. The molecule has 0 fully saturated rings. The third kappa shape index (κ3) is 1.26. The standard InChI is InChI=1S/C9H9N3OS/c10-7(13)9(4-2-1-3-5-9)8-12-11-6-14-8/h1-4,6H,5H2,(H2,10,13). The fraction of sp³-hybridized carbons (Fsp3) is 0.222. The number of aromatic nitrogens is 2. The number of allylic oxidation sites excluding steroid dienone is 3. The molecule has 0 saturated heterocycles. The lowest BCUT2D eigenvalue weighted by Gasteiger charge is -2.24. The highest BCUT2D eigenvalue weighted by Crippen LogP contribution is 2.32. The van der Waals surface area contributed by atoms with Crippen LogP contribution in [-0.4, -0.2) is 16.1 Å². The zero-order valence-corrected chi connectivity index (χ0v) is 8.20. The summed E-state index contributed by atoms with van der Waals surface area (Å²) in [5, 5.41) is 8.30. The van der Waals surface area contributed by atoms with Gasteiger partial charge >= 0.3 is 0 Å². The normalized spacial score (nSPS) is 25.1. The smallest absolute Gasteiger partial charge is 0.234 e. The summed E-state index contributed by atoms with van der Waals surface area (Å²) in [6, 6.07) is 0. The molecule has 1 atom stereocenters. The molecule has 0 spiro atoms. The summed E-state index contributed by atoms with van der Waals surface area (Å²) < 4.78 is 0. The fourth-order valence-electron chi connectivity index (χ4n) is 1.43. The molecule has 0 saturated carbocycles. The van der Waals surface area contributed by atoms with Gasteiger partial charge in [0.1, 0.15) is 15.9 Å². The van der Waals surface area contributed by atoms with Gasteiger partial charge in [0.25, 0.3) is 0 Å². The van der Waals surface area contributed by atoms with Crippen molar-refractivity contribution in [3.8, 4) is 0 Å². The van der Waals surface area contributed by atoms with Gasteiger partial charge in [0, 0.05) is 0 Å².